The van der Waals surface area contributed by atoms with Crippen LogP contribution in [0.1, 0.15) is 98.7 Å². The number of amides is 1. The molecule has 2 aromatic heterocycles. The van der Waals surface area contributed by atoms with Gasteiger partial charge in [0.15, 0.2) is 0 Å². The summed E-state index contributed by atoms with van der Waals surface area (Å²) < 4.78 is 2.29. The smallest absolute Gasteiger partial charge is 0.274 e. The lowest BCUT2D eigenvalue weighted by Gasteiger charge is -2.26. The van der Waals surface area contributed by atoms with Gasteiger partial charge in [0.25, 0.3) is 5.91 Å². The zero-order valence-corrected chi connectivity index (χ0v) is 21.7. The van der Waals surface area contributed by atoms with E-state index in [2.05, 4.69) is 46.2 Å². The van der Waals surface area contributed by atoms with E-state index >= 15 is 0 Å². The zero-order chi connectivity index (χ0) is 25.8. The van der Waals surface area contributed by atoms with E-state index in [1.165, 1.54) is 41.6 Å². The molecular weight excluding hydrogens is 460 g/mol. The molecule has 2 saturated carbocycles. The average Bonchev–Trinajstić information content (AvgIpc) is 3.57. The van der Waals surface area contributed by atoms with Gasteiger partial charge in [0.2, 0.25) is 0 Å². The van der Waals surface area contributed by atoms with Gasteiger partial charge >= 0.3 is 0 Å². The molecule has 2 aliphatic rings. The molecule has 1 aromatic carbocycles. The number of aromatic nitrogens is 2. The molecule has 0 bridgehead atoms. The summed E-state index contributed by atoms with van der Waals surface area (Å²) in [7, 11) is 0. The Morgan fingerprint density at radius 2 is 1.73 bits per heavy atom. The van der Waals surface area contributed by atoms with Gasteiger partial charge in [-0.1, -0.05) is 25.7 Å². The van der Waals surface area contributed by atoms with Crippen molar-refractivity contribution in [3.63, 3.8) is 0 Å². The molecule has 5 rings (SSSR count). The van der Waals surface area contributed by atoms with Crippen LogP contribution in [0.4, 0.5) is 5.69 Å². The fourth-order valence-electron chi connectivity index (χ4n) is 6.42. The molecule has 0 aliphatic heterocycles. The summed E-state index contributed by atoms with van der Waals surface area (Å²) in [4.78, 5) is 30.2. The number of ketones is 1. The second kappa shape index (κ2) is 11.3. The molecule has 2 atom stereocenters. The van der Waals surface area contributed by atoms with E-state index < -0.39 is 0 Å². The number of nitriles is 1. The first kappa shape index (κ1) is 25.2. The van der Waals surface area contributed by atoms with Crippen LogP contribution in [0.15, 0.2) is 42.7 Å². The highest BCUT2D eigenvalue weighted by Gasteiger charge is 2.31. The topological polar surface area (TPSA) is 87.8 Å². The summed E-state index contributed by atoms with van der Waals surface area (Å²) in [5.41, 5.74) is 3.85. The Morgan fingerprint density at radius 3 is 2.46 bits per heavy atom. The van der Waals surface area contributed by atoms with Gasteiger partial charge in [-0.25, -0.2) is 0 Å². The maximum atomic E-state index is 13.2. The molecular formula is C31H36N4O2. The third-order valence-corrected chi connectivity index (χ3v) is 8.45. The third-order valence-electron chi connectivity index (χ3n) is 8.45. The van der Waals surface area contributed by atoms with E-state index in [0.29, 0.717) is 23.2 Å². The fraction of sp³-hybridized carbons (Fsp3) is 0.484. The number of aryl methyl sites for hydroxylation is 1. The third kappa shape index (κ3) is 5.46. The first-order valence-electron chi connectivity index (χ1n) is 13.9. The van der Waals surface area contributed by atoms with Gasteiger partial charge in [-0.05, 0) is 87.3 Å². The summed E-state index contributed by atoms with van der Waals surface area (Å²) in [6.07, 6.45) is 14.8. The number of benzene rings is 1. The molecule has 0 spiro atoms. The van der Waals surface area contributed by atoms with Crippen molar-refractivity contribution in [3.05, 3.63) is 59.5 Å². The Labute approximate surface area is 219 Å². The quantitative estimate of drug-likeness (QED) is 0.398. The Kier molecular flexibility index (Phi) is 7.69. The lowest BCUT2D eigenvalue weighted by molar-refractivity contribution is -0.127. The Morgan fingerprint density at radius 1 is 1.00 bits per heavy atom. The number of carbonyl (C=O) groups is 2. The van der Waals surface area contributed by atoms with E-state index in [0.717, 1.165) is 63.6 Å². The molecule has 2 unspecified atom stereocenters. The van der Waals surface area contributed by atoms with Crippen LogP contribution in [-0.2, 0) is 11.3 Å². The standard InChI is InChI=1S/C31H36N4O2/c1-2-35-20-27(22-7-3-4-10-24(12-11-22)30(36)23-8-5-6-9-23)26-18-25(13-14-29(26)35)34-31(37)28-17-21(19-32)15-16-33-28/h13-18,20,22-24H,2-12H2,1H3,(H,34,37). The van der Waals surface area contributed by atoms with Crippen molar-refractivity contribution >= 4 is 28.3 Å². The summed E-state index contributed by atoms with van der Waals surface area (Å²) in [6.45, 7) is 3.03. The van der Waals surface area contributed by atoms with Crippen LogP contribution >= 0.6 is 0 Å². The van der Waals surface area contributed by atoms with E-state index in [1.807, 2.05) is 6.07 Å². The van der Waals surface area contributed by atoms with Crippen LogP contribution in [0.5, 0.6) is 0 Å². The van der Waals surface area contributed by atoms with Gasteiger partial charge in [0.1, 0.15) is 11.5 Å². The number of Topliss-reactive ketones (excluding diaryl/α,β-unsaturated/α-hetero) is 1. The van der Waals surface area contributed by atoms with E-state index in [-0.39, 0.29) is 17.5 Å². The minimum Gasteiger partial charge on any atom is -0.347 e. The van der Waals surface area contributed by atoms with Crippen molar-refractivity contribution in [3.8, 4) is 6.07 Å². The fourth-order valence-corrected chi connectivity index (χ4v) is 6.42. The molecule has 1 N–H and O–H groups in total. The maximum Gasteiger partial charge on any atom is 0.274 e. The molecule has 6 heteroatoms. The Bertz CT molecular complexity index is 1330. The Hall–Kier alpha value is -3.46. The summed E-state index contributed by atoms with van der Waals surface area (Å²) in [6, 6.07) is 11.2. The number of nitrogens with zero attached hydrogens (tertiary/aromatic N) is 3. The molecule has 192 valence electrons. The van der Waals surface area contributed by atoms with Crippen LogP contribution in [0.2, 0.25) is 0 Å². The van der Waals surface area contributed by atoms with Crippen LogP contribution in [0.3, 0.4) is 0 Å². The van der Waals surface area contributed by atoms with Gasteiger partial charge < -0.3 is 9.88 Å². The van der Waals surface area contributed by atoms with Crippen molar-refractivity contribution in [1.82, 2.24) is 9.55 Å². The zero-order valence-electron chi connectivity index (χ0n) is 21.7. The molecule has 1 amide bonds. The normalized spacial score (nSPS) is 20.8. The van der Waals surface area contributed by atoms with Crippen LogP contribution in [-0.4, -0.2) is 21.2 Å². The lowest BCUT2D eigenvalue weighted by atomic mass is 9.78. The van der Waals surface area contributed by atoms with Crippen LogP contribution in [0, 0.1) is 23.2 Å². The van der Waals surface area contributed by atoms with Gasteiger partial charge in [0, 0.05) is 47.4 Å². The molecule has 0 radical (unpaired) electrons. The number of rotatable bonds is 6. The summed E-state index contributed by atoms with van der Waals surface area (Å²) in [5.74, 6) is 1.14. The second-order valence-corrected chi connectivity index (χ2v) is 10.7. The number of anilines is 1. The van der Waals surface area contributed by atoms with Gasteiger partial charge in [0.05, 0.1) is 11.6 Å². The van der Waals surface area contributed by atoms with E-state index in [1.54, 1.807) is 6.07 Å². The highest BCUT2D eigenvalue weighted by molar-refractivity contribution is 6.04. The van der Waals surface area contributed by atoms with Crippen molar-refractivity contribution in [2.24, 2.45) is 11.8 Å². The minimum absolute atomic E-state index is 0.219. The van der Waals surface area contributed by atoms with Crippen LogP contribution < -0.4 is 5.32 Å². The molecule has 6 nitrogen and oxygen atoms in total. The van der Waals surface area contributed by atoms with Gasteiger partial charge in [-0.15, -0.1) is 0 Å². The lowest BCUT2D eigenvalue weighted by Crippen LogP contribution is -2.23. The molecule has 2 aliphatic carbocycles. The van der Waals surface area contributed by atoms with Gasteiger partial charge in [-0.3, -0.25) is 14.6 Å². The maximum absolute atomic E-state index is 13.2. The molecule has 0 saturated heterocycles. The van der Waals surface area contributed by atoms with Crippen molar-refractivity contribution in [1.29, 1.82) is 5.26 Å². The number of fused-ring (bicyclic) bond motifs is 1. The van der Waals surface area contributed by atoms with Crippen LogP contribution in [0.25, 0.3) is 10.9 Å². The highest BCUT2D eigenvalue weighted by Crippen LogP contribution is 2.40. The predicted octanol–water partition coefficient (Wildman–Crippen LogP) is 6.99. The molecule has 3 aromatic rings. The van der Waals surface area contributed by atoms with Gasteiger partial charge in [-0.2, -0.15) is 5.26 Å². The number of hydrogen-bond donors (Lipinski definition) is 1. The molecule has 2 heterocycles. The monoisotopic (exact) mass is 496 g/mol. The number of pyridine rings is 1. The van der Waals surface area contributed by atoms with Crippen molar-refractivity contribution in [2.45, 2.75) is 83.6 Å². The van der Waals surface area contributed by atoms with E-state index in [9.17, 15) is 9.59 Å². The van der Waals surface area contributed by atoms with Crippen molar-refractivity contribution < 1.29 is 9.59 Å². The number of nitrogens with one attached hydrogen (secondary N) is 1. The molecule has 2 fully saturated rings. The van der Waals surface area contributed by atoms with E-state index in [4.69, 9.17) is 5.26 Å². The Balaban J connectivity index is 1.38. The summed E-state index contributed by atoms with van der Waals surface area (Å²) >= 11 is 0. The first-order chi connectivity index (χ1) is 18.1. The minimum atomic E-state index is -0.327. The van der Waals surface area contributed by atoms with Crippen molar-refractivity contribution in [2.75, 3.05) is 5.32 Å². The highest BCUT2D eigenvalue weighted by atomic mass is 16.2. The summed E-state index contributed by atoms with van der Waals surface area (Å²) in [5, 5.41) is 13.3. The molecule has 37 heavy (non-hydrogen) atoms. The largest absolute Gasteiger partial charge is 0.347 e. The average molecular weight is 497 g/mol. The number of hydrogen-bond acceptors (Lipinski definition) is 4. The SMILES string of the molecule is CCn1cc(C2CCCCC(C(=O)C3CCCC3)CC2)c2cc(NC(=O)c3cc(C#N)ccn3)ccc21. The second-order valence-electron chi connectivity index (χ2n) is 10.7. The predicted molar refractivity (Wildman–Crippen MR) is 145 cm³/mol. The number of carbonyl (C=O) groups excluding carboxylic acids is 2. The first-order valence-corrected chi connectivity index (χ1v) is 13.9.